The van der Waals surface area contributed by atoms with Gasteiger partial charge in [-0.3, -0.25) is 4.79 Å². The maximum Gasteiger partial charge on any atom is 0.309 e. The summed E-state index contributed by atoms with van der Waals surface area (Å²) in [6.45, 7) is 3.15. The lowest BCUT2D eigenvalue weighted by atomic mass is 9.88. The molecule has 3 nitrogen and oxygen atoms in total. The molecule has 0 aromatic carbocycles. The second-order valence-electron chi connectivity index (χ2n) is 2.82. The van der Waals surface area contributed by atoms with E-state index in [9.17, 15) is 9.59 Å². The molecule has 0 aliphatic heterocycles. The van der Waals surface area contributed by atoms with Crippen LogP contribution in [0.2, 0.25) is 0 Å². The van der Waals surface area contributed by atoms with E-state index < -0.39 is 17.6 Å². The zero-order valence-corrected chi connectivity index (χ0v) is 6.14. The molecule has 0 saturated carbocycles. The van der Waals surface area contributed by atoms with E-state index in [1.54, 1.807) is 13.8 Å². The summed E-state index contributed by atoms with van der Waals surface area (Å²) in [5.74, 6) is -0.677. The van der Waals surface area contributed by atoms with Crippen LogP contribution in [0.3, 0.4) is 0 Å². The van der Waals surface area contributed by atoms with Gasteiger partial charge >= 0.3 is 5.97 Å². The average molecular weight is 147 g/mol. The maximum absolute atomic E-state index is 10.9. The summed E-state index contributed by atoms with van der Waals surface area (Å²) < 4.78 is 13.0. The minimum absolute atomic E-state index is 0.0160. The van der Waals surface area contributed by atoms with Gasteiger partial charge in [0.05, 0.1) is 5.41 Å². The van der Waals surface area contributed by atoms with Gasteiger partial charge in [0.25, 0.3) is 1.43 Å². The highest BCUT2D eigenvalue weighted by atomic mass is 16.4. The van der Waals surface area contributed by atoms with Gasteiger partial charge in [-0.05, 0) is 20.3 Å². The topological polar surface area (TPSA) is 54.4 Å². The lowest BCUT2D eigenvalue weighted by Gasteiger charge is -2.16. The first-order valence-corrected chi connectivity index (χ1v) is 3.07. The molecule has 0 aromatic rings. The minimum Gasteiger partial charge on any atom is -0.481 e. The van der Waals surface area contributed by atoms with Crippen LogP contribution in [0.5, 0.6) is 0 Å². The maximum atomic E-state index is 10.9. The number of aldehydes is 1. The van der Waals surface area contributed by atoms with Crippen LogP contribution in [0.25, 0.3) is 1.43 Å². The molecule has 0 saturated heterocycles. The third kappa shape index (κ3) is 2.62. The fourth-order valence-corrected chi connectivity index (χ4v) is 0.466. The zero-order valence-electron chi connectivity index (χ0n) is 8.14. The van der Waals surface area contributed by atoms with Crippen molar-refractivity contribution in [3.8, 4) is 0 Å². The van der Waals surface area contributed by atoms with E-state index in [2.05, 4.69) is 5.11 Å². The highest BCUT2D eigenvalue weighted by Gasteiger charge is 2.25. The molecule has 0 spiro atoms. The standard InChI is InChI=1S/C7H12O3/c1-7(2,6(9)10)4-3-5-8/h5H,3-4H2,1-2H3,(H,9,10)/i5T/hD. The Morgan fingerprint density at radius 3 is 3.00 bits per heavy atom. The normalized spacial score (nSPS) is 13.4. The van der Waals surface area contributed by atoms with E-state index in [0.717, 1.165) is 0 Å². The van der Waals surface area contributed by atoms with Crippen LogP contribution >= 0.6 is 0 Å². The number of hydrogen-bond acceptors (Lipinski definition) is 3. The van der Waals surface area contributed by atoms with Crippen molar-refractivity contribution in [2.45, 2.75) is 26.7 Å². The van der Waals surface area contributed by atoms with Crippen LogP contribution in [0.1, 0.15) is 28.1 Å². The molecule has 1 N–H and O–H groups in total. The summed E-state index contributed by atoms with van der Waals surface area (Å²) in [5.41, 5.74) is -0.849. The van der Waals surface area contributed by atoms with Crippen molar-refractivity contribution in [2.75, 3.05) is 0 Å². The Balaban J connectivity index is 4.03. The predicted octanol–water partition coefficient (Wildman–Crippen LogP) is 1.08. The van der Waals surface area contributed by atoms with Crippen molar-refractivity contribution in [2.24, 2.45) is 5.41 Å². The van der Waals surface area contributed by atoms with Gasteiger partial charge in [-0.25, -0.2) is 0 Å². The molecule has 0 atom stereocenters. The van der Waals surface area contributed by atoms with Crippen molar-refractivity contribution in [3.63, 3.8) is 0 Å². The number of carboxylic acids is 1. The van der Waals surface area contributed by atoms with Gasteiger partial charge in [-0.2, -0.15) is 0 Å². The number of carbonyl (C=O) groups is 2. The van der Waals surface area contributed by atoms with Gasteiger partial charge in [-0.15, -0.1) is 0 Å². The molecule has 0 aliphatic carbocycles. The lowest BCUT2D eigenvalue weighted by Crippen LogP contribution is -2.23. The molecule has 0 fully saturated rings. The molecular weight excluding hydrogens is 132 g/mol. The smallest absolute Gasteiger partial charge is 0.309 e. The molecule has 0 radical (unpaired) electrons. The summed E-state index contributed by atoms with van der Waals surface area (Å²) in [6, 6.07) is 0. The molecule has 10 heavy (non-hydrogen) atoms. The molecule has 58 valence electrons. The Labute approximate surface area is 62.9 Å². The average Bonchev–Trinajstić information content (AvgIpc) is 1.99. The summed E-state index contributed by atoms with van der Waals surface area (Å²) in [4.78, 5) is 21.1. The Hall–Kier alpha value is -0.860. The van der Waals surface area contributed by atoms with Gasteiger partial charge in [-0.1, -0.05) is 0 Å². The van der Waals surface area contributed by atoms with Gasteiger partial charge in [0.15, 0.2) is 0 Å². The van der Waals surface area contributed by atoms with Gasteiger partial charge < -0.3 is 9.90 Å². The van der Waals surface area contributed by atoms with E-state index in [1.165, 1.54) is 0 Å². The largest absolute Gasteiger partial charge is 0.481 e. The van der Waals surface area contributed by atoms with Gasteiger partial charge in [0.1, 0.15) is 7.63 Å². The number of hydrogen-bond donors (Lipinski definition) is 1. The molecule has 0 heterocycles. The number of carbonyl (C=O) groups excluding carboxylic acids is 1. The predicted molar refractivity (Wildman–Crippen MR) is 36.7 cm³/mol. The SMILES string of the molecule is [2H]OC(=O)C(C)(C)CCC([3H])=O. The third-order valence-corrected chi connectivity index (χ3v) is 1.40. The lowest BCUT2D eigenvalue weighted by molar-refractivity contribution is -0.147. The Kier molecular flexibility index (Phi) is 1.97. The van der Waals surface area contributed by atoms with Crippen LogP contribution < -0.4 is 0 Å². The van der Waals surface area contributed by atoms with Crippen molar-refractivity contribution < 1.29 is 16.1 Å². The third-order valence-electron chi connectivity index (χ3n) is 1.40. The van der Waals surface area contributed by atoms with Crippen molar-refractivity contribution >= 4 is 12.2 Å². The first kappa shape index (κ1) is 5.89. The number of rotatable bonds is 4. The molecule has 3 heteroatoms. The molecule has 0 unspecified atom stereocenters. The fourth-order valence-electron chi connectivity index (χ4n) is 0.466. The van der Waals surface area contributed by atoms with E-state index in [0.29, 0.717) is 0 Å². The van der Waals surface area contributed by atoms with Gasteiger partial charge in [0, 0.05) is 6.42 Å². The summed E-state index contributed by atoms with van der Waals surface area (Å²) >= 11 is 0. The van der Waals surface area contributed by atoms with Crippen LogP contribution in [-0.2, 0) is 9.59 Å². The quantitative estimate of drug-likeness (QED) is 0.605. The molecule has 0 amide bonds. The first-order valence-electron chi connectivity index (χ1n) is 3.98. The number of aliphatic carboxylic acids is 1. The molecular formula is C7H12O3. The monoisotopic (exact) mass is 147 g/mol. The molecule has 0 aliphatic rings. The molecule has 0 rings (SSSR count). The fraction of sp³-hybridized carbons (Fsp3) is 0.714. The first-order chi connectivity index (χ1) is 5.40. The Morgan fingerprint density at radius 1 is 2.00 bits per heavy atom. The second-order valence-corrected chi connectivity index (χ2v) is 2.82. The van der Waals surface area contributed by atoms with Crippen LogP contribution in [-0.4, -0.2) is 17.3 Å². The summed E-state index contributed by atoms with van der Waals surface area (Å²) in [5, 5.41) is 3.79. The van der Waals surface area contributed by atoms with Crippen LogP contribution in [0.15, 0.2) is 0 Å². The Bertz CT molecular complexity index is 189. The zero-order chi connectivity index (χ0) is 9.78. The highest BCUT2D eigenvalue weighted by molar-refractivity contribution is 5.73. The van der Waals surface area contributed by atoms with Crippen molar-refractivity contribution in [3.05, 3.63) is 0 Å². The van der Waals surface area contributed by atoms with E-state index in [1.807, 2.05) is 0 Å². The molecule has 0 bridgehead atoms. The van der Waals surface area contributed by atoms with E-state index in [-0.39, 0.29) is 12.8 Å². The highest BCUT2D eigenvalue weighted by Crippen LogP contribution is 2.21. The van der Waals surface area contributed by atoms with E-state index in [4.69, 9.17) is 2.80 Å². The van der Waals surface area contributed by atoms with Crippen molar-refractivity contribution in [1.82, 2.24) is 0 Å². The number of carboxylic acid groups (broad SMARTS) is 1. The van der Waals surface area contributed by atoms with Gasteiger partial charge in [0.2, 0.25) is 0 Å². The van der Waals surface area contributed by atoms with Crippen molar-refractivity contribution in [1.29, 1.82) is 1.43 Å². The summed E-state index contributed by atoms with van der Waals surface area (Å²) in [6.07, 6.45) is -0.448. The Morgan fingerprint density at radius 2 is 2.60 bits per heavy atom. The molecule has 0 aromatic heterocycles. The summed E-state index contributed by atoms with van der Waals surface area (Å²) in [7, 11) is 0. The van der Waals surface area contributed by atoms with E-state index >= 15 is 0 Å². The minimum atomic E-state index is -0.849. The van der Waals surface area contributed by atoms with Crippen LogP contribution in [0.4, 0.5) is 0 Å². The second kappa shape index (κ2) is 3.34. The van der Waals surface area contributed by atoms with Crippen LogP contribution in [0, 0.1) is 5.41 Å².